The van der Waals surface area contributed by atoms with E-state index in [1.807, 2.05) is 26.8 Å². The Morgan fingerprint density at radius 3 is 2.41 bits per heavy atom. The summed E-state index contributed by atoms with van der Waals surface area (Å²) >= 11 is 1.19. The standard InChI is InChI=1S/C25H30FN5O2S/c1-16(32)30(19-11-9-8-10-18(19)26)23-27-17(15-34-23)12-13-22(33)28-21-14-20(24(2,3)4)29-31(21)25(5,6)7/h8-15H,1-7H3,(H,28,33)/b13-12+. The van der Waals surface area contributed by atoms with Crippen LogP contribution in [0.4, 0.5) is 21.0 Å². The zero-order chi connectivity index (χ0) is 25.3. The molecule has 0 fully saturated rings. The number of hydrogen-bond acceptors (Lipinski definition) is 5. The molecule has 7 nitrogen and oxygen atoms in total. The quantitative estimate of drug-likeness (QED) is 0.461. The summed E-state index contributed by atoms with van der Waals surface area (Å²) in [6.07, 6.45) is 2.92. The topological polar surface area (TPSA) is 80.1 Å². The summed E-state index contributed by atoms with van der Waals surface area (Å²) in [5, 5.41) is 9.61. The number of halogens is 1. The number of para-hydroxylation sites is 1. The molecule has 0 aliphatic rings. The van der Waals surface area contributed by atoms with Gasteiger partial charge in [-0.1, -0.05) is 32.9 Å². The molecule has 3 rings (SSSR count). The Bertz CT molecular complexity index is 1230. The van der Waals surface area contributed by atoms with E-state index in [9.17, 15) is 14.0 Å². The fourth-order valence-electron chi connectivity index (χ4n) is 3.17. The average Bonchev–Trinajstić information content (AvgIpc) is 3.35. The molecular weight excluding hydrogens is 453 g/mol. The van der Waals surface area contributed by atoms with Crippen molar-refractivity contribution in [3.63, 3.8) is 0 Å². The van der Waals surface area contributed by atoms with Crippen molar-refractivity contribution in [1.29, 1.82) is 0 Å². The van der Waals surface area contributed by atoms with Gasteiger partial charge in [0, 0.05) is 29.9 Å². The van der Waals surface area contributed by atoms with Gasteiger partial charge in [0.15, 0.2) is 5.13 Å². The second-order valence-electron chi connectivity index (χ2n) is 9.93. The molecule has 0 saturated carbocycles. The summed E-state index contributed by atoms with van der Waals surface area (Å²) in [5.74, 6) is -0.612. The molecule has 34 heavy (non-hydrogen) atoms. The van der Waals surface area contributed by atoms with E-state index >= 15 is 0 Å². The molecule has 0 bridgehead atoms. The highest BCUT2D eigenvalue weighted by Crippen LogP contribution is 2.31. The van der Waals surface area contributed by atoms with Crippen LogP contribution in [0.1, 0.15) is 59.9 Å². The van der Waals surface area contributed by atoms with Crippen molar-refractivity contribution in [2.24, 2.45) is 0 Å². The molecule has 0 radical (unpaired) electrons. The van der Waals surface area contributed by atoms with Gasteiger partial charge in [-0.05, 0) is 39.0 Å². The van der Waals surface area contributed by atoms with Crippen molar-refractivity contribution in [2.45, 2.75) is 59.4 Å². The molecule has 3 aromatic rings. The van der Waals surface area contributed by atoms with Crippen molar-refractivity contribution in [3.8, 4) is 0 Å². The molecule has 180 valence electrons. The summed E-state index contributed by atoms with van der Waals surface area (Å²) in [4.78, 5) is 30.5. The number of hydrogen-bond donors (Lipinski definition) is 1. The van der Waals surface area contributed by atoms with Crippen LogP contribution in [0.25, 0.3) is 6.08 Å². The largest absolute Gasteiger partial charge is 0.307 e. The van der Waals surface area contributed by atoms with Crippen LogP contribution in [-0.4, -0.2) is 26.6 Å². The molecule has 1 N–H and O–H groups in total. The van der Waals surface area contributed by atoms with E-state index in [4.69, 9.17) is 5.10 Å². The molecule has 1 aromatic carbocycles. The van der Waals surface area contributed by atoms with Gasteiger partial charge in [0.2, 0.25) is 11.8 Å². The predicted molar refractivity (Wildman–Crippen MR) is 135 cm³/mol. The van der Waals surface area contributed by atoms with Crippen LogP contribution < -0.4 is 10.2 Å². The number of anilines is 3. The van der Waals surface area contributed by atoms with Crippen LogP contribution in [0.3, 0.4) is 0 Å². The summed E-state index contributed by atoms with van der Waals surface area (Å²) in [6.45, 7) is 13.6. The molecule has 2 amide bonds. The first kappa shape index (κ1) is 25.3. The van der Waals surface area contributed by atoms with Crippen molar-refractivity contribution < 1.29 is 14.0 Å². The molecule has 0 atom stereocenters. The van der Waals surface area contributed by atoms with Crippen LogP contribution in [0.2, 0.25) is 0 Å². The maximum atomic E-state index is 14.3. The van der Waals surface area contributed by atoms with E-state index in [1.165, 1.54) is 41.4 Å². The van der Waals surface area contributed by atoms with Gasteiger partial charge in [-0.3, -0.25) is 14.5 Å². The number of carbonyl (C=O) groups excluding carboxylic acids is 2. The first-order chi connectivity index (χ1) is 15.8. The van der Waals surface area contributed by atoms with Crippen molar-refractivity contribution >= 4 is 45.9 Å². The average molecular weight is 484 g/mol. The first-order valence-corrected chi connectivity index (χ1v) is 11.8. The van der Waals surface area contributed by atoms with E-state index in [2.05, 4.69) is 31.1 Å². The Balaban J connectivity index is 1.80. The summed E-state index contributed by atoms with van der Waals surface area (Å²) in [5.41, 5.74) is 1.01. The molecule has 2 heterocycles. The van der Waals surface area contributed by atoms with Gasteiger partial charge in [0.25, 0.3) is 0 Å². The minimum Gasteiger partial charge on any atom is -0.307 e. The Kier molecular flexibility index (Phi) is 7.07. The van der Waals surface area contributed by atoms with E-state index < -0.39 is 5.82 Å². The number of amides is 2. The second-order valence-corrected chi connectivity index (χ2v) is 10.8. The highest BCUT2D eigenvalue weighted by Gasteiger charge is 2.25. The van der Waals surface area contributed by atoms with Crippen LogP contribution in [0, 0.1) is 5.82 Å². The molecule has 2 aromatic heterocycles. The number of benzene rings is 1. The Hall–Kier alpha value is -3.33. The number of nitrogens with one attached hydrogen (secondary N) is 1. The number of rotatable bonds is 5. The van der Waals surface area contributed by atoms with Crippen molar-refractivity contribution in [3.05, 3.63) is 59.0 Å². The van der Waals surface area contributed by atoms with Gasteiger partial charge in [-0.25, -0.2) is 14.1 Å². The second kappa shape index (κ2) is 9.50. The van der Waals surface area contributed by atoms with Gasteiger partial charge in [-0.2, -0.15) is 5.10 Å². The lowest BCUT2D eigenvalue weighted by molar-refractivity contribution is -0.116. The maximum absolute atomic E-state index is 14.3. The van der Waals surface area contributed by atoms with Gasteiger partial charge in [-0.15, -0.1) is 11.3 Å². The number of aromatic nitrogens is 3. The maximum Gasteiger partial charge on any atom is 0.249 e. The van der Waals surface area contributed by atoms with Crippen LogP contribution >= 0.6 is 11.3 Å². The number of nitrogens with zero attached hydrogens (tertiary/aromatic N) is 4. The zero-order valence-corrected chi connectivity index (χ0v) is 21.3. The molecule has 0 unspecified atom stereocenters. The highest BCUT2D eigenvalue weighted by atomic mass is 32.1. The van der Waals surface area contributed by atoms with Crippen molar-refractivity contribution in [1.82, 2.24) is 14.8 Å². The van der Waals surface area contributed by atoms with E-state index in [0.29, 0.717) is 16.6 Å². The number of thiazole rings is 1. The molecule has 0 saturated heterocycles. The summed E-state index contributed by atoms with van der Waals surface area (Å²) in [6, 6.07) is 7.90. The lowest BCUT2D eigenvalue weighted by Gasteiger charge is -2.22. The SMILES string of the molecule is CC(=O)N(c1nc(/C=C/C(=O)Nc2cc(C(C)(C)C)nn2C(C)(C)C)cs1)c1ccccc1F. The molecule has 0 aliphatic carbocycles. The van der Waals surface area contributed by atoms with E-state index in [-0.39, 0.29) is 28.5 Å². The third kappa shape index (κ3) is 5.77. The minimum absolute atomic E-state index is 0.128. The molecule has 9 heteroatoms. The third-order valence-corrected chi connectivity index (χ3v) is 5.72. The fourth-order valence-corrected chi connectivity index (χ4v) is 4.02. The van der Waals surface area contributed by atoms with Crippen LogP contribution in [-0.2, 0) is 20.5 Å². The lowest BCUT2D eigenvalue weighted by Crippen LogP contribution is -2.27. The zero-order valence-electron chi connectivity index (χ0n) is 20.5. The van der Waals surface area contributed by atoms with Gasteiger partial charge >= 0.3 is 0 Å². The van der Waals surface area contributed by atoms with Gasteiger partial charge < -0.3 is 5.32 Å². The highest BCUT2D eigenvalue weighted by molar-refractivity contribution is 7.14. The van der Waals surface area contributed by atoms with Crippen molar-refractivity contribution in [2.75, 3.05) is 10.2 Å². The summed E-state index contributed by atoms with van der Waals surface area (Å²) in [7, 11) is 0. The first-order valence-electron chi connectivity index (χ1n) is 10.9. The molecule has 0 spiro atoms. The Morgan fingerprint density at radius 1 is 1.15 bits per heavy atom. The van der Waals surface area contributed by atoms with E-state index in [1.54, 1.807) is 28.3 Å². The Labute approximate surface area is 203 Å². The van der Waals surface area contributed by atoms with Gasteiger partial charge in [0.1, 0.15) is 11.6 Å². The predicted octanol–water partition coefficient (Wildman–Crippen LogP) is 5.87. The smallest absolute Gasteiger partial charge is 0.249 e. The minimum atomic E-state index is -0.519. The monoisotopic (exact) mass is 483 g/mol. The normalized spacial score (nSPS) is 12.2. The lowest BCUT2D eigenvalue weighted by atomic mass is 9.92. The van der Waals surface area contributed by atoms with E-state index in [0.717, 1.165) is 5.69 Å². The van der Waals surface area contributed by atoms with Gasteiger partial charge in [0.05, 0.1) is 22.6 Å². The third-order valence-electron chi connectivity index (χ3n) is 4.88. The molecular formula is C25H30FN5O2S. The van der Waals surface area contributed by atoms with Crippen LogP contribution in [0.15, 0.2) is 41.8 Å². The molecule has 0 aliphatic heterocycles. The number of carbonyl (C=O) groups is 2. The summed E-state index contributed by atoms with van der Waals surface area (Å²) < 4.78 is 16.1. The van der Waals surface area contributed by atoms with Crippen LogP contribution in [0.5, 0.6) is 0 Å². The fraction of sp³-hybridized carbons (Fsp3) is 0.360. The Morgan fingerprint density at radius 2 is 1.82 bits per heavy atom.